The van der Waals surface area contributed by atoms with Gasteiger partial charge in [0.2, 0.25) is 0 Å². The maximum atomic E-state index is 13.8. The van der Waals surface area contributed by atoms with Gasteiger partial charge in [0, 0.05) is 20.0 Å². The van der Waals surface area contributed by atoms with E-state index in [2.05, 4.69) is 15.9 Å². The number of amides is 1. The Hall–Kier alpha value is -1.53. The van der Waals surface area contributed by atoms with Crippen LogP contribution in [-0.2, 0) is 0 Å². The lowest BCUT2D eigenvalue weighted by atomic mass is 10.1. The highest BCUT2D eigenvalue weighted by atomic mass is 79.9. The second-order valence-corrected chi connectivity index (χ2v) is 5.82. The van der Waals surface area contributed by atoms with Gasteiger partial charge in [0.05, 0.1) is 5.56 Å². The van der Waals surface area contributed by atoms with Crippen LogP contribution in [0.5, 0.6) is 0 Å². The molecule has 2 rings (SSSR count). The maximum Gasteiger partial charge on any atom is 0.250 e. The third-order valence-corrected chi connectivity index (χ3v) is 3.98. The summed E-state index contributed by atoms with van der Waals surface area (Å²) in [6.07, 6.45) is 0. The van der Waals surface area contributed by atoms with Crippen molar-refractivity contribution in [2.45, 2.75) is 9.79 Å². The molecule has 98 valence electrons. The number of hydrogen-bond donors (Lipinski definition) is 2. The van der Waals surface area contributed by atoms with Crippen molar-refractivity contribution in [1.29, 1.82) is 0 Å². The van der Waals surface area contributed by atoms with E-state index in [1.165, 1.54) is 17.8 Å². The van der Waals surface area contributed by atoms with Crippen molar-refractivity contribution in [2.24, 2.45) is 5.73 Å². The normalized spacial score (nSPS) is 10.4. The predicted octanol–water partition coefficient (Wildman–Crippen LogP) is 3.42. The summed E-state index contributed by atoms with van der Waals surface area (Å²) in [5.74, 6) is -1.15. The van der Waals surface area contributed by atoms with Gasteiger partial charge in [-0.05, 0) is 36.4 Å². The first-order valence-electron chi connectivity index (χ1n) is 5.29. The number of carbonyl (C=O) groups excluding carboxylic acids is 1. The van der Waals surface area contributed by atoms with Crippen molar-refractivity contribution < 1.29 is 9.18 Å². The van der Waals surface area contributed by atoms with E-state index in [0.29, 0.717) is 4.90 Å². The molecule has 19 heavy (non-hydrogen) atoms. The Kier molecular flexibility index (Phi) is 4.11. The Bertz CT molecular complexity index is 631. The van der Waals surface area contributed by atoms with Gasteiger partial charge in [-0.15, -0.1) is 0 Å². The number of benzene rings is 2. The molecule has 0 aromatic heterocycles. The van der Waals surface area contributed by atoms with Crippen molar-refractivity contribution in [1.82, 2.24) is 0 Å². The van der Waals surface area contributed by atoms with Gasteiger partial charge in [0.15, 0.2) is 0 Å². The minimum absolute atomic E-state index is 0.0464. The number of halogens is 2. The van der Waals surface area contributed by atoms with Gasteiger partial charge in [-0.25, -0.2) is 4.39 Å². The first kappa shape index (κ1) is 13.9. The summed E-state index contributed by atoms with van der Waals surface area (Å²) in [6, 6.07) is 9.88. The van der Waals surface area contributed by atoms with Crippen molar-refractivity contribution >= 4 is 39.3 Å². The molecule has 0 aliphatic rings. The lowest BCUT2D eigenvalue weighted by Crippen LogP contribution is -2.14. The highest BCUT2D eigenvalue weighted by molar-refractivity contribution is 9.10. The molecule has 0 bridgehead atoms. The number of rotatable bonds is 3. The average molecular weight is 341 g/mol. The molecule has 0 radical (unpaired) electrons. The first-order chi connectivity index (χ1) is 8.97. The van der Waals surface area contributed by atoms with E-state index in [9.17, 15) is 9.18 Å². The average Bonchev–Trinajstić information content (AvgIpc) is 2.34. The lowest BCUT2D eigenvalue weighted by molar-refractivity contribution is 0.100. The van der Waals surface area contributed by atoms with Crippen molar-refractivity contribution in [3.8, 4) is 0 Å². The fraction of sp³-hybridized carbons (Fsp3) is 0. The van der Waals surface area contributed by atoms with Gasteiger partial charge < -0.3 is 11.5 Å². The fourth-order valence-corrected chi connectivity index (χ4v) is 2.61. The van der Waals surface area contributed by atoms with E-state index in [1.54, 1.807) is 0 Å². The molecule has 0 saturated heterocycles. The quantitative estimate of drug-likeness (QED) is 0.841. The van der Waals surface area contributed by atoms with Crippen LogP contribution in [0.3, 0.4) is 0 Å². The van der Waals surface area contributed by atoms with Crippen LogP contribution in [0.1, 0.15) is 10.4 Å². The number of primary amides is 1. The molecule has 2 aromatic rings. The molecular formula is C13H10BrFN2OS. The topological polar surface area (TPSA) is 69.1 Å². The molecular weight excluding hydrogens is 331 g/mol. The SMILES string of the molecule is NC(=O)c1cc(Sc2ccc(Br)cc2)c(F)cc1N. The highest BCUT2D eigenvalue weighted by Crippen LogP contribution is 2.32. The van der Waals surface area contributed by atoms with Crippen LogP contribution >= 0.6 is 27.7 Å². The van der Waals surface area contributed by atoms with E-state index in [-0.39, 0.29) is 11.3 Å². The number of nitrogens with two attached hydrogens (primary N) is 2. The van der Waals surface area contributed by atoms with Crippen LogP contribution < -0.4 is 11.5 Å². The Balaban J connectivity index is 2.37. The van der Waals surface area contributed by atoms with Crippen LogP contribution in [0.15, 0.2) is 50.7 Å². The van der Waals surface area contributed by atoms with Crippen LogP contribution in [-0.4, -0.2) is 5.91 Å². The van der Waals surface area contributed by atoms with E-state index < -0.39 is 11.7 Å². The molecule has 0 atom stereocenters. The second-order valence-electron chi connectivity index (χ2n) is 3.79. The summed E-state index contributed by atoms with van der Waals surface area (Å²) < 4.78 is 14.7. The van der Waals surface area contributed by atoms with Gasteiger partial charge >= 0.3 is 0 Å². The minimum Gasteiger partial charge on any atom is -0.398 e. The Morgan fingerprint density at radius 3 is 2.42 bits per heavy atom. The zero-order valence-corrected chi connectivity index (χ0v) is 12.1. The van der Waals surface area contributed by atoms with Gasteiger partial charge in [-0.2, -0.15) is 0 Å². The van der Waals surface area contributed by atoms with Gasteiger partial charge in [0.25, 0.3) is 5.91 Å². The van der Waals surface area contributed by atoms with Crippen LogP contribution in [0.25, 0.3) is 0 Å². The molecule has 2 aromatic carbocycles. The molecule has 0 spiro atoms. The largest absolute Gasteiger partial charge is 0.398 e. The van der Waals surface area contributed by atoms with Crippen molar-refractivity contribution in [3.05, 3.63) is 52.3 Å². The number of hydrogen-bond acceptors (Lipinski definition) is 3. The van der Waals surface area contributed by atoms with Gasteiger partial charge in [-0.3, -0.25) is 4.79 Å². The molecule has 0 fully saturated rings. The van der Waals surface area contributed by atoms with E-state index in [4.69, 9.17) is 11.5 Å². The van der Waals surface area contributed by atoms with E-state index in [1.807, 2.05) is 24.3 Å². The predicted molar refractivity (Wildman–Crippen MR) is 77.6 cm³/mol. The number of nitrogen functional groups attached to an aromatic ring is 1. The Morgan fingerprint density at radius 2 is 1.84 bits per heavy atom. The van der Waals surface area contributed by atoms with Crippen LogP contribution in [0, 0.1) is 5.82 Å². The summed E-state index contributed by atoms with van der Waals surface area (Å²) >= 11 is 4.53. The summed E-state index contributed by atoms with van der Waals surface area (Å²) in [4.78, 5) is 12.3. The van der Waals surface area contributed by atoms with Crippen molar-refractivity contribution in [3.63, 3.8) is 0 Å². The van der Waals surface area contributed by atoms with Crippen molar-refractivity contribution in [2.75, 3.05) is 5.73 Å². The fourth-order valence-electron chi connectivity index (χ4n) is 1.49. The van der Waals surface area contributed by atoms with Crippen LogP contribution in [0.2, 0.25) is 0 Å². The summed E-state index contributed by atoms with van der Waals surface area (Å²) in [5.41, 5.74) is 10.9. The number of anilines is 1. The summed E-state index contributed by atoms with van der Waals surface area (Å²) in [7, 11) is 0. The highest BCUT2D eigenvalue weighted by Gasteiger charge is 2.12. The summed E-state index contributed by atoms with van der Waals surface area (Å²) in [5, 5.41) is 0. The Labute approximate surface area is 122 Å². The smallest absolute Gasteiger partial charge is 0.250 e. The Morgan fingerprint density at radius 1 is 1.21 bits per heavy atom. The second kappa shape index (κ2) is 5.63. The van der Waals surface area contributed by atoms with Gasteiger partial charge in [-0.1, -0.05) is 27.7 Å². The van der Waals surface area contributed by atoms with E-state index in [0.717, 1.165) is 15.4 Å². The molecule has 1 amide bonds. The van der Waals surface area contributed by atoms with E-state index >= 15 is 0 Å². The standard InChI is InChI=1S/C13H10BrFN2OS/c14-7-1-3-8(4-2-7)19-12-5-9(13(17)18)11(16)6-10(12)15/h1-6H,16H2,(H2,17,18). The molecule has 0 heterocycles. The first-order valence-corrected chi connectivity index (χ1v) is 6.90. The molecule has 3 nitrogen and oxygen atoms in total. The molecule has 0 aliphatic heterocycles. The van der Waals surface area contributed by atoms with Gasteiger partial charge in [0.1, 0.15) is 5.82 Å². The van der Waals surface area contributed by atoms with Crippen LogP contribution in [0.4, 0.5) is 10.1 Å². The molecule has 0 saturated carbocycles. The summed E-state index contributed by atoms with van der Waals surface area (Å²) in [6.45, 7) is 0. The zero-order chi connectivity index (χ0) is 14.0. The minimum atomic E-state index is -0.671. The third-order valence-electron chi connectivity index (χ3n) is 2.41. The number of carbonyl (C=O) groups is 1. The molecule has 0 aliphatic carbocycles. The molecule has 0 unspecified atom stereocenters. The maximum absolute atomic E-state index is 13.8. The lowest BCUT2D eigenvalue weighted by Gasteiger charge is -2.07. The molecule has 6 heteroatoms. The third kappa shape index (κ3) is 3.27. The zero-order valence-electron chi connectivity index (χ0n) is 9.69. The monoisotopic (exact) mass is 340 g/mol. The molecule has 4 N–H and O–H groups in total.